The Labute approximate surface area is 169 Å². The average Bonchev–Trinajstić information content (AvgIpc) is 3.24. The van der Waals surface area contributed by atoms with Crippen molar-refractivity contribution in [1.82, 2.24) is 25.3 Å². The molecule has 0 saturated carbocycles. The van der Waals surface area contributed by atoms with Gasteiger partial charge in [-0.2, -0.15) is 5.10 Å². The lowest BCUT2D eigenvalue weighted by Gasteiger charge is -2.24. The zero-order valence-corrected chi connectivity index (χ0v) is 17.1. The van der Waals surface area contributed by atoms with Gasteiger partial charge in [-0.15, -0.1) is 10.2 Å². The molecule has 1 N–H and O–H groups in total. The van der Waals surface area contributed by atoms with E-state index >= 15 is 0 Å². The molecule has 0 bridgehead atoms. The van der Waals surface area contributed by atoms with E-state index in [9.17, 15) is 0 Å². The van der Waals surface area contributed by atoms with Crippen LogP contribution in [0.25, 0.3) is 11.5 Å². The Morgan fingerprint density at radius 1 is 1.25 bits per heavy atom. The number of ether oxygens (including phenoxy) is 1. The van der Waals surface area contributed by atoms with Gasteiger partial charge in [0, 0.05) is 23.3 Å². The molecule has 0 aliphatic carbocycles. The van der Waals surface area contributed by atoms with Gasteiger partial charge in [-0.05, 0) is 58.0 Å². The van der Waals surface area contributed by atoms with Crippen LogP contribution < -0.4 is 10.1 Å². The molecule has 1 aliphatic rings. The summed E-state index contributed by atoms with van der Waals surface area (Å²) in [6.45, 7) is 5.94. The van der Waals surface area contributed by atoms with Crippen molar-refractivity contribution >= 4 is 11.6 Å². The topological polar surface area (TPSA) is 78.0 Å². The van der Waals surface area contributed by atoms with Gasteiger partial charge < -0.3 is 14.5 Å². The van der Waals surface area contributed by atoms with Gasteiger partial charge in [-0.1, -0.05) is 11.6 Å². The maximum Gasteiger partial charge on any atom is 0.251 e. The molecule has 7 nitrogen and oxygen atoms in total. The van der Waals surface area contributed by atoms with Gasteiger partial charge in [-0.3, -0.25) is 4.68 Å². The van der Waals surface area contributed by atoms with Crippen molar-refractivity contribution in [3.63, 3.8) is 0 Å². The molecule has 4 rings (SSSR count). The Morgan fingerprint density at radius 3 is 2.75 bits per heavy atom. The lowest BCUT2D eigenvalue weighted by Crippen LogP contribution is -2.34. The van der Waals surface area contributed by atoms with E-state index in [1.165, 1.54) is 0 Å². The van der Waals surface area contributed by atoms with Crippen LogP contribution in [0.2, 0.25) is 5.02 Å². The number of nitrogens with one attached hydrogen (secondary N) is 1. The first-order valence-corrected chi connectivity index (χ1v) is 9.88. The molecule has 28 heavy (non-hydrogen) atoms. The van der Waals surface area contributed by atoms with Crippen molar-refractivity contribution in [2.75, 3.05) is 13.1 Å². The molecule has 0 radical (unpaired) electrons. The van der Waals surface area contributed by atoms with Crippen molar-refractivity contribution in [3.8, 4) is 17.2 Å². The van der Waals surface area contributed by atoms with Crippen LogP contribution in [-0.4, -0.2) is 39.2 Å². The van der Waals surface area contributed by atoms with E-state index in [2.05, 4.69) is 20.6 Å². The van der Waals surface area contributed by atoms with E-state index in [1.807, 2.05) is 43.8 Å². The number of piperidine rings is 1. The van der Waals surface area contributed by atoms with E-state index in [4.69, 9.17) is 20.8 Å². The monoisotopic (exact) mass is 401 g/mol. The molecular weight excluding hydrogens is 378 g/mol. The second-order valence-corrected chi connectivity index (χ2v) is 7.59. The average molecular weight is 402 g/mol. The summed E-state index contributed by atoms with van der Waals surface area (Å²) in [5, 5.41) is 16.9. The highest BCUT2D eigenvalue weighted by Gasteiger charge is 2.21. The highest BCUT2D eigenvalue weighted by atomic mass is 35.5. The summed E-state index contributed by atoms with van der Waals surface area (Å²) >= 11 is 6.22. The predicted molar refractivity (Wildman–Crippen MR) is 107 cm³/mol. The highest BCUT2D eigenvalue weighted by Crippen LogP contribution is 2.33. The van der Waals surface area contributed by atoms with Gasteiger partial charge in [0.15, 0.2) is 0 Å². The van der Waals surface area contributed by atoms with Crippen molar-refractivity contribution in [2.45, 2.75) is 39.2 Å². The van der Waals surface area contributed by atoms with Gasteiger partial charge in [0.05, 0.1) is 17.7 Å². The number of hydrogen-bond donors (Lipinski definition) is 1. The van der Waals surface area contributed by atoms with E-state index in [1.54, 1.807) is 0 Å². The molecule has 0 spiro atoms. The minimum atomic E-state index is 0.171. The van der Waals surface area contributed by atoms with Crippen LogP contribution in [0.5, 0.6) is 5.75 Å². The van der Waals surface area contributed by atoms with Crippen LogP contribution in [0, 0.1) is 13.8 Å². The third kappa shape index (κ3) is 3.91. The van der Waals surface area contributed by atoms with Crippen LogP contribution in [0.1, 0.15) is 35.7 Å². The number of aryl methyl sites for hydroxylation is 2. The molecule has 148 valence electrons. The normalized spacial score (nSPS) is 15.1. The molecule has 8 heteroatoms. The summed E-state index contributed by atoms with van der Waals surface area (Å²) in [5.74, 6) is 1.68. The predicted octanol–water partition coefficient (Wildman–Crippen LogP) is 3.46. The Hall–Kier alpha value is -2.38. The van der Waals surface area contributed by atoms with Crippen LogP contribution in [0.4, 0.5) is 0 Å². The summed E-state index contributed by atoms with van der Waals surface area (Å²) in [4.78, 5) is 0. The van der Waals surface area contributed by atoms with Crippen LogP contribution in [0.15, 0.2) is 22.6 Å². The van der Waals surface area contributed by atoms with E-state index in [-0.39, 0.29) is 6.10 Å². The smallest absolute Gasteiger partial charge is 0.251 e. The SMILES string of the molecule is Cc1nn(C)c(C)c1Cc1nnc(-c2cc(Cl)ccc2OC2CCNCC2)o1. The van der Waals surface area contributed by atoms with Crippen molar-refractivity contribution < 1.29 is 9.15 Å². The zero-order chi connectivity index (χ0) is 19.7. The van der Waals surface area contributed by atoms with E-state index < -0.39 is 0 Å². The molecule has 0 atom stereocenters. The third-order valence-corrected chi connectivity index (χ3v) is 5.44. The molecule has 1 saturated heterocycles. The van der Waals surface area contributed by atoms with E-state index in [0.717, 1.165) is 54.2 Å². The molecule has 3 heterocycles. The van der Waals surface area contributed by atoms with Crippen molar-refractivity contribution in [1.29, 1.82) is 0 Å². The van der Waals surface area contributed by atoms with Crippen molar-refractivity contribution in [2.24, 2.45) is 7.05 Å². The molecule has 1 aliphatic heterocycles. The standard InChI is InChI=1S/C20H24ClN5O2/c1-12-16(13(2)26(3)25-12)11-19-23-24-20(28-19)17-10-14(21)4-5-18(17)27-15-6-8-22-9-7-15/h4-5,10,15,22H,6-9,11H2,1-3H3. The first-order valence-electron chi connectivity index (χ1n) is 9.50. The molecule has 2 aromatic heterocycles. The quantitative estimate of drug-likeness (QED) is 0.705. The van der Waals surface area contributed by atoms with Gasteiger partial charge in [-0.25, -0.2) is 0 Å². The second kappa shape index (κ2) is 7.93. The largest absolute Gasteiger partial charge is 0.489 e. The number of hydrogen-bond acceptors (Lipinski definition) is 6. The maximum atomic E-state index is 6.23. The summed E-state index contributed by atoms with van der Waals surface area (Å²) in [7, 11) is 1.93. The number of aromatic nitrogens is 4. The van der Waals surface area contributed by atoms with Crippen molar-refractivity contribution in [3.05, 3.63) is 46.1 Å². The van der Waals surface area contributed by atoms with Gasteiger partial charge in [0.1, 0.15) is 11.9 Å². The number of halogens is 1. The molecule has 3 aromatic rings. The molecule has 0 amide bonds. The van der Waals surface area contributed by atoms with Crippen LogP contribution in [-0.2, 0) is 13.5 Å². The summed E-state index contributed by atoms with van der Waals surface area (Å²) in [6.07, 6.45) is 2.65. The maximum absolute atomic E-state index is 6.23. The third-order valence-electron chi connectivity index (χ3n) is 5.21. The van der Waals surface area contributed by atoms with Gasteiger partial charge in [0.2, 0.25) is 5.89 Å². The summed E-state index contributed by atoms with van der Waals surface area (Å²) in [5.41, 5.74) is 3.90. The Bertz CT molecular complexity index is 975. The highest BCUT2D eigenvalue weighted by molar-refractivity contribution is 6.30. The van der Waals surface area contributed by atoms with Crippen LogP contribution >= 0.6 is 11.6 Å². The van der Waals surface area contributed by atoms with E-state index in [0.29, 0.717) is 23.2 Å². The lowest BCUT2D eigenvalue weighted by atomic mass is 10.1. The second-order valence-electron chi connectivity index (χ2n) is 7.16. The van der Waals surface area contributed by atoms with Crippen LogP contribution in [0.3, 0.4) is 0 Å². The molecular formula is C20H24ClN5O2. The summed E-state index contributed by atoms with van der Waals surface area (Å²) < 4.78 is 14.1. The van der Waals surface area contributed by atoms with Gasteiger partial charge >= 0.3 is 0 Å². The lowest BCUT2D eigenvalue weighted by molar-refractivity contribution is 0.163. The Kier molecular flexibility index (Phi) is 5.37. The summed E-state index contributed by atoms with van der Waals surface area (Å²) in [6, 6.07) is 5.51. The Morgan fingerprint density at radius 2 is 2.04 bits per heavy atom. The fourth-order valence-electron chi connectivity index (χ4n) is 3.52. The first-order chi connectivity index (χ1) is 13.5. The zero-order valence-electron chi connectivity index (χ0n) is 16.3. The number of nitrogens with zero attached hydrogens (tertiary/aromatic N) is 4. The minimum absolute atomic E-state index is 0.171. The molecule has 0 unspecified atom stereocenters. The minimum Gasteiger partial charge on any atom is -0.489 e. The fraction of sp³-hybridized carbons (Fsp3) is 0.450. The van der Waals surface area contributed by atoms with Gasteiger partial charge in [0.25, 0.3) is 5.89 Å². The molecule has 1 aromatic carbocycles. The molecule has 1 fully saturated rings. The Balaban J connectivity index is 1.60. The fourth-order valence-corrected chi connectivity index (χ4v) is 3.70. The number of rotatable bonds is 5. The first kappa shape index (κ1) is 19.0. The number of benzene rings is 1.